The molecule has 128 valence electrons. The predicted octanol–water partition coefficient (Wildman–Crippen LogP) is 5.38. The summed E-state index contributed by atoms with van der Waals surface area (Å²) in [7, 11) is 0. The fourth-order valence-electron chi connectivity index (χ4n) is 2.90. The lowest BCUT2D eigenvalue weighted by Crippen LogP contribution is -1.96. The second-order valence-corrected chi connectivity index (χ2v) is 6.24. The third-order valence-corrected chi connectivity index (χ3v) is 4.24. The highest BCUT2D eigenvalue weighted by molar-refractivity contribution is 5.65. The normalized spacial score (nSPS) is 10.6. The van der Waals surface area contributed by atoms with Crippen LogP contribution in [-0.2, 0) is 19.6 Å². The van der Waals surface area contributed by atoms with Crippen molar-refractivity contribution in [2.75, 3.05) is 0 Å². The third-order valence-electron chi connectivity index (χ3n) is 4.24. The van der Waals surface area contributed by atoms with Gasteiger partial charge in [-0.15, -0.1) is 0 Å². The molecular weight excluding hydrogens is 308 g/mol. The number of benzene rings is 3. The van der Waals surface area contributed by atoms with Crippen molar-refractivity contribution in [2.24, 2.45) is 0 Å². The molecule has 3 rings (SSSR count). The molecule has 0 bridgehead atoms. The number of aliphatic hydroxyl groups excluding tert-OH is 1. The molecule has 3 aromatic rings. The first-order chi connectivity index (χ1) is 12.3. The highest BCUT2D eigenvalue weighted by Crippen LogP contribution is 2.25. The van der Waals surface area contributed by atoms with E-state index in [9.17, 15) is 5.11 Å². The molecular formula is C23H24O2. The van der Waals surface area contributed by atoms with Crippen LogP contribution in [0.3, 0.4) is 0 Å². The van der Waals surface area contributed by atoms with Gasteiger partial charge in [-0.25, -0.2) is 0 Å². The van der Waals surface area contributed by atoms with Gasteiger partial charge < -0.3 is 9.84 Å². The number of ether oxygens (including phenoxy) is 1. The summed E-state index contributed by atoms with van der Waals surface area (Å²) in [5, 5.41) is 9.22. The van der Waals surface area contributed by atoms with Crippen LogP contribution in [0, 0.1) is 0 Å². The molecule has 0 fully saturated rings. The van der Waals surface area contributed by atoms with Crippen LogP contribution in [0.25, 0.3) is 11.1 Å². The van der Waals surface area contributed by atoms with E-state index in [4.69, 9.17) is 4.74 Å². The third kappa shape index (κ3) is 4.71. The highest BCUT2D eigenvalue weighted by atomic mass is 16.5. The summed E-state index contributed by atoms with van der Waals surface area (Å²) >= 11 is 0. The van der Waals surface area contributed by atoms with E-state index in [1.165, 1.54) is 17.5 Å². The molecule has 2 heteroatoms. The SMILES string of the molecule is CCCc1ccc(-c2cccc(OCc3cccc(CO)c3)c2)cc1. The Morgan fingerprint density at radius 1 is 0.760 bits per heavy atom. The quantitative estimate of drug-likeness (QED) is 0.629. The van der Waals surface area contributed by atoms with Gasteiger partial charge in [0.05, 0.1) is 6.61 Å². The minimum atomic E-state index is 0.0529. The summed E-state index contributed by atoms with van der Waals surface area (Å²) in [5.74, 6) is 0.851. The molecule has 2 nitrogen and oxygen atoms in total. The first kappa shape index (κ1) is 17.2. The van der Waals surface area contributed by atoms with Gasteiger partial charge in [-0.05, 0) is 46.4 Å². The zero-order valence-corrected chi connectivity index (χ0v) is 14.6. The van der Waals surface area contributed by atoms with Crippen LogP contribution in [0.4, 0.5) is 0 Å². The second kappa shape index (κ2) is 8.50. The van der Waals surface area contributed by atoms with Crippen LogP contribution in [0.5, 0.6) is 5.75 Å². The Kier molecular flexibility index (Phi) is 5.86. The lowest BCUT2D eigenvalue weighted by molar-refractivity contribution is 0.280. The first-order valence-corrected chi connectivity index (χ1v) is 8.79. The van der Waals surface area contributed by atoms with Gasteiger partial charge in [-0.3, -0.25) is 0 Å². The van der Waals surface area contributed by atoms with Gasteiger partial charge in [0.25, 0.3) is 0 Å². The predicted molar refractivity (Wildman–Crippen MR) is 103 cm³/mol. The smallest absolute Gasteiger partial charge is 0.120 e. The van der Waals surface area contributed by atoms with Crippen molar-refractivity contribution in [2.45, 2.75) is 33.0 Å². The van der Waals surface area contributed by atoms with E-state index in [0.717, 1.165) is 28.9 Å². The Morgan fingerprint density at radius 2 is 1.52 bits per heavy atom. The van der Waals surface area contributed by atoms with E-state index in [0.29, 0.717) is 6.61 Å². The van der Waals surface area contributed by atoms with Crippen molar-refractivity contribution in [1.82, 2.24) is 0 Å². The van der Waals surface area contributed by atoms with E-state index < -0.39 is 0 Å². The van der Waals surface area contributed by atoms with Gasteiger partial charge in [0, 0.05) is 0 Å². The average Bonchev–Trinajstić information content (AvgIpc) is 2.68. The molecule has 1 N–H and O–H groups in total. The Morgan fingerprint density at radius 3 is 2.28 bits per heavy atom. The van der Waals surface area contributed by atoms with Gasteiger partial charge in [0.15, 0.2) is 0 Å². The van der Waals surface area contributed by atoms with Crippen LogP contribution in [0.2, 0.25) is 0 Å². The Balaban J connectivity index is 1.70. The van der Waals surface area contributed by atoms with E-state index in [1.54, 1.807) is 0 Å². The highest BCUT2D eigenvalue weighted by Gasteiger charge is 2.02. The lowest BCUT2D eigenvalue weighted by atomic mass is 10.0. The standard InChI is InChI=1S/C23H24O2/c1-2-5-18-10-12-21(13-11-18)22-8-4-9-23(15-22)25-17-20-7-3-6-19(14-20)16-24/h3-4,6-15,24H,2,5,16-17H2,1H3. The van der Waals surface area contributed by atoms with Crippen molar-refractivity contribution in [1.29, 1.82) is 0 Å². The van der Waals surface area contributed by atoms with Gasteiger partial charge in [-0.2, -0.15) is 0 Å². The maximum absolute atomic E-state index is 9.22. The zero-order chi connectivity index (χ0) is 17.5. The molecule has 0 aliphatic carbocycles. The molecule has 0 amide bonds. The fraction of sp³-hybridized carbons (Fsp3) is 0.217. The van der Waals surface area contributed by atoms with Crippen molar-refractivity contribution in [3.63, 3.8) is 0 Å². The fourth-order valence-corrected chi connectivity index (χ4v) is 2.90. The van der Waals surface area contributed by atoms with Crippen LogP contribution in [-0.4, -0.2) is 5.11 Å². The zero-order valence-electron chi connectivity index (χ0n) is 14.6. The molecule has 0 unspecified atom stereocenters. The molecule has 0 heterocycles. The molecule has 0 saturated heterocycles. The van der Waals surface area contributed by atoms with Crippen LogP contribution < -0.4 is 4.74 Å². The maximum Gasteiger partial charge on any atom is 0.120 e. The molecule has 0 atom stereocenters. The molecule has 0 spiro atoms. The summed E-state index contributed by atoms with van der Waals surface area (Å²) < 4.78 is 5.93. The summed E-state index contributed by atoms with van der Waals surface area (Å²) in [6.45, 7) is 2.75. The van der Waals surface area contributed by atoms with E-state index in [1.807, 2.05) is 36.4 Å². The van der Waals surface area contributed by atoms with Crippen molar-refractivity contribution >= 4 is 0 Å². The number of aliphatic hydroxyl groups is 1. The van der Waals surface area contributed by atoms with Gasteiger partial charge >= 0.3 is 0 Å². The summed E-state index contributed by atoms with van der Waals surface area (Å²) in [4.78, 5) is 0. The van der Waals surface area contributed by atoms with Crippen LogP contribution in [0.15, 0.2) is 72.8 Å². The van der Waals surface area contributed by atoms with E-state index in [-0.39, 0.29) is 6.61 Å². The monoisotopic (exact) mass is 332 g/mol. The molecule has 0 aromatic heterocycles. The average molecular weight is 332 g/mol. The largest absolute Gasteiger partial charge is 0.489 e. The summed E-state index contributed by atoms with van der Waals surface area (Å²) in [6, 6.07) is 24.8. The van der Waals surface area contributed by atoms with Crippen molar-refractivity contribution in [3.8, 4) is 16.9 Å². The van der Waals surface area contributed by atoms with E-state index >= 15 is 0 Å². The number of hydrogen-bond acceptors (Lipinski definition) is 2. The molecule has 25 heavy (non-hydrogen) atoms. The lowest BCUT2D eigenvalue weighted by Gasteiger charge is -2.10. The molecule has 0 saturated carbocycles. The Bertz CT molecular complexity index is 806. The molecule has 0 radical (unpaired) electrons. The number of aryl methyl sites for hydroxylation is 1. The maximum atomic E-state index is 9.22. The first-order valence-electron chi connectivity index (χ1n) is 8.79. The van der Waals surface area contributed by atoms with Gasteiger partial charge in [0.1, 0.15) is 12.4 Å². The number of rotatable bonds is 7. The van der Waals surface area contributed by atoms with E-state index in [2.05, 4.69) is 43.3 Å². The topological polar surface area (TPSA) is 29.5 Å². The van der Waals surface area contributed by atoms with Crippen molar-refractivity contribution < 1.29 is 9.84 Å². The van der Waals surface area contributed by atoms with Crippen LogP contribution >= 0.6 is 0 Å². The van der Waals surface area contributed by atoms with Crippen molar-refractivity contribution in [3.05, 3.63) is 89.5 Å². The molecule has 0 aliphatic rings. The number of hydrogen-bond donors (Lipinski definition) is 1. The molecule has 0 aliphatic heterocycles. The second-order valence-electron chi connectivity index (χ2n) is 6.24. The minimum absolute atomic E-state index is 0.0529. The Labute approximate surface area is 149 Å². The van der Waals surface area contributed by atoms with Gasteiger partial charge in [-0.1, -0.05) is 74.0 Å². The molecule has 3 aromatic carbocycles. The van der Waals surface area contributed by atoms with Gasteiger partial charge in [0.2, 0.25) is 0 Å². The summed E-state index contributed by atoms with van der Waals surface area (Å²) in [5.41, 5.74) is 5.70. The summed E-state index contributed by atoms with van der Waals surface area (Å²) in [6.07, 6.45) is 2.29. The Hall–Kier alpha value is -2.58. The minimum Gasteiger partial charge on any atom is -0.489 e. The van der Waals surface area contributed by atoms with Crippen LogP contribution in [0.1, 0.15) is 30.0 Å².